The molecule has 1 fully saturated rings. The first-order valence-corrected chi connectivity index (χ1v) is 12.0. The van der Waals surface area contributed by atoms with Crippen molar-refractivity contribution in [1.29, 1.82) is 0 Å². The van der Waals surface area contributed by atoms with E-state index in [1.54, 1.807) is 6.07 Å². The number of piperidine rings is 1. The van der Waals surface area contributed by atoms with Gasteiger partial charge < -0.3 is 14.8 Å². The van der Waals surface area contributed by atoms with E-state index in [4.69, 9.17) is 21.1 Å². The van der Waals surface area contributed by atoms with Crippen LogP contribution in [0.4, 0.5) is 13.2 Å². The van der Waals surface area contributed by atoms with Crippen LogP contribution in [0.3, 0.4) is 0 Å². The molecular weight excluding hydrogens is 479 g/mol. The van der Waals surface area contributed by atoms with E-state index >= 15 is 4.39 Å². The molecule has 0 saturated carbocycles. The first-order valence-electron chi connectivity index (χ1n) is 11.6. The van der Waals surface area contributed by atoms with Crippen molar-refractivity contribution in [3.8, 4) is 11.5 Å². The van der Waals surface area contributed by atoms with Gasteiger partial charge in [-0.15, -0.1) is 0 Å². The highest BCUT2D eigenvalue weighted by Crippen LogP contribution is 2.53. The number of hydrogen-bond acceptors (Lipinski definition) is 4. The molecule has 1 aliphatic carbocycles. The Morgan fingerprint density at radius 1 is 0.914 bits per heavy atom. The standard InChI is InChI=1S/C27H21ClF3NO3/c28-21-11-18(30)10-16-2-1-15-9-17(29)3-4-20(15)27(25(16)21)34-23-12-19(22(31)13-24(23)35-27)26(33)14-5-7-32-8-6-14/h3-4,9-14,32H,1-2,5-8H2. The fraction of sp³-hybridized carbons (Fsp3) is 0.296. The monoisotopic (exact) mass is 499 g/mol. The molecule has 2 heterocycles. The minimum atomic E-state index is -1.68. The van der Waals surface area contributed by atoms with E-state index < -0.39 is 23.2 Å². The summed E-state index contributed by atoms with van der Waals surface area (Å²) in [5.41, 5.74) is 1.97. The number of ether oxygens (including phenoxy) is 2. The van der Waals surface area contributed by atoms with Crippen LogP contribution in [0, 0.1) is 23.4 Å². The number of rotatable bonds is 2. The van der Waals surface area contributed by atoms with Gasteiger partial charge in [0, 0.05) is 17.5 Å². The Kier molecular flexibility index (Phi) is 5.31. The smallest absolute Gasteiger partial charge is 0.307 e. The molecule has 35 heavy (non-hydrogen) atoms. The lowest BCUT2D eigenvalue weighted by molar-refractivity contribution is -0.0464. The molecule has 0 bridgehead atoms. The molecule has 0 amide bonds. The Hall–Kier alpha value is -3.03. The maximum absolute atomic E-state index is 15.2. The van der Waals surface area contributed by atoms with Gasteiger partial charge in [0.25, 0.3) is 0 Å². The van der Waals surface area contributed by atoms with Gasteiger partial charge in [-0.3, -0.25) is 4.79 Å². The van der Waals surface area contributed by atoms with Crippen LogP contribution in [0.25, 0.3) is 0 Å². The summed E-state index contributed by atoms with van der Waals surface area (Å²) in [5, 5.41) is 3.28. The molecule has 1 atom stereocenters. The van der Waals surface area contributed by atoms with E-state index in [-0.39, 0.29) is 33.8 Å². The Labute approximate surface area is 205 Å². The quantitative estimate of drug-likeness (QED) is 0.459. The van der Waals surface area contributed by atoms with Crippen LogP contribution in [0.2, 0.25) is 5.02 Å². The van der Waals surface area contributed by atoms with Crippen molar-refractivity contribution in [1.82, 2.24) is 5.32 Å². The molecule has 0 radical (unpaired) electrons. The van der Waals surface area contributed by atoms with Gasteiger partial charge in [0.1, 0.15) is 17.5 Å². The predicted octanol–water partition coefficient (Wildman–Crippen LogP) is 5.71. The van der Waals surface area contributed by atoms with Crippen molar-refractivity contribution in [2.24, 2.45) is 5.92 Å². The van der Waals surface area contributed by atoms with Crippen molar-refractivity contribution in [2.75, 3.05) is 13.1 Å². The third-order valence-corrected chi connectivity index (χ3v) is 7.37. The maximum Gasteiger partial charge on any atom is 0.307 e. The van der Waals surface area contributed by atoms with Gasteiger partial charge >= 0.3 is 5.79 Å². The highest BCUT2D eigenvalue weighted by atomic mass is 35.5. The lowest BCUT2D eigenvalue weighted by Crippen LogP contribution is -2.38. The van der Waals surface area contributed by atoms with Crippen LogP contribution in [-0.2, 0) is 18.6 Å². The highest BCUT2D eigenvalue weighted by molar-refractivity contribution is 6.31. The first kappa shape index (κ1) is 22.4. The van der Waals surface area contributed by atoms with Gasteiger partial charge in [-0.2, -0.15) is 0 Å². The maximum atomic E-state index is 15.2. The summed E-state index contributed by atoms with van der Waals surface area (Å²) in [4.78, 5) is 13.1. The van der Waals surface area contributed by atoms with Gasteiger partial charge in [-0.25, -0.2) is 13.2 Å². The molecule has 180 valence electrons. The van der Waals surface area contributed by atoms with E-state index in [2.05, 4.69) is 5.32 Å². The lowest BCUT2D eigenvalue weighted by Gasteiger charge is -2.31. The van der Waals surface area contributed by atoms with E-state index in [0.29, 0.717) is 61.0 Å². The molecule has 4 nitrogen and oxygen atoms in total. The number of carbonyl (C=O) groups excluding carboxylic acids is 1. The molecular formula is C27H21ClF3NO3. The minimum absolute atomic E-state index is 0.0605. The number of fused-ring (bicyclic) bond motifs is 5. The largest absolute Gasteiger partial charge is 0.440 e. The summed E-state index contributed by atoms with van der Waals surface area (Å²) in [6.45, 7) is 1.40. The summed E-state index contributed by atoms with van der Waals surface area (Å²) in [6, 6.07) is 9.24. The fourth-order valence-electron chi connectivity index (χ4n) is 5.42. The van der Waals surface area contributed by atoms with Gasteiger partial charge in [-0.1, -0.05) is 11.6 Å². The van der Waals surface area contributed by atoms with E-state index in [1.165, 1.54) is 30.3 Å². The zero-order valence-electron chi connectivity index (χ0n) is 18.6. The number of nitrogens with one attached hydrogen (secondary N) is 1. The molecule has 0 aromatic heterocycles. The van der Waals surface area contributed by atoms with Gasteiger partial charge in [0.15, 0.2) is 17.3 Å². The summed E-state index contributed by atoms with van der Waals surface area (Å²) in [5.74, 6) is -3.62. The second-order valence-corrected chi connectivity index (χ2v) is 9.62. The van der Waals surface area contributed by atoms with Gasteiger partial charge in [0.2, 0.25) is 0 Å². The third kappa shape index (κ3) is 3.60. The van der Waals surface area contributed by atoms with Crippen LogP contribution in [0.1, 0.15) is 45.5 Å². The molecule has 1 N–H and O–H groups in total. The molecule has 8 heteroatoms. The molecule has 6 rings (SSSR count). The summed E-state index contributed by atoms with van der Waals surface area (Å²) in [6.07, 6.45) is 2.04. The van der Waals surface area contributed by atoms with Crippen molar-refractivity contribution >= 4 is 17.4 Å². The lowest BCUT2D eigenvalue weighted by atomic mass is 9.89. The number of hydrogen-bond donors (Lipinski definition) is 1. The van der Waals surface area contributed by atoms with Crippen molar-refractivity contribution in [3.63, 3.8) is 0 Å². The molecule has 3 aromatic carbocycles. The summed E-state index contributed by atoms with van der Waals surface area (Å²) in [7, 11) is 0. The average molecular weight is 500 g/mol. The van der Waals surface area contributed by atoms with Crippen molar-refractivity contribution < 1.29 is 27.4 Å². The van der Waals surface area contributed by atoms with Crippen molar-refractivity contribution in [3.05, 3.63) is 92.8 Å². The van der Waals surface area contributed by atoms with E-state index in [0.717, 1.165) is 6.07 Å². The molecule has 3 aromatic rings. The first-order chi connectivity index (χ1) is 16.9. The van der Waals surface area contributed by atoms with Gasteiger partial charge in [0.05, 0.1) is 16.1 Å². The second kappa shape index (κ2) is 8.28. The number of aryl methyl sites for hydroxylation is 2. The van der Waals surface area contributed by atoms with Crippen LogP contribution in [-0.4, -0.2) is 18.9 Å². The second-order valence-electron chi connectivity index (χ2n) is 9.21. The molecule has 3 aliphatic rings. The number of halogens is 4. The fourth-order valence-corrected chi connectivity index (χ4v) is 5.77. The zero-order chi connectivity index (χ0) is 24.3. The minimum Gasteiger partial charge on any atom is -0.440 e. The molecule has 1 saturated heterocycles. The predicted molar refractivity (Wildman–Crippen MR) is 124 cm³/mol. The van der Waals surface area contributed by atoms with Crippen LogP contribution < -0.4 is 14.8 Å². The molecule has 1 unspecified atom stereocenters. The van der Waals surface area contributed by atoms with Crippen LogP contribution in [0.5, 0.6) is 11.5 Å². The summed E-state index contributed by atoms with van der Waals surface area (Å²) < 4.78 is 56.2. The Bertz CT molecular complexity index is 1370. The van der Waals surface area contributed by atoms with Crippen LogP contribution >= 0.6 is 11.6 Å². The average Bonchev–Trinajstić information content (AvgIpc) is 3.14. The normalized spacial score (nSPS) is 20.9. The topological polar surface area (TPSA) is 47.6 Å². The Morgan fingerprint density at radius 3 is 2.37 bits per heavy atom. The number of Topliss-reactive ketones (excluding diaryl/α,β-unsaturated/α-hetero) is 1. The zero-order valence-corrected chi connectivity index (χ0v) is 19.4. The third-order valence-electron chi connectivity index (χ3n) is 7.07. The molecule has 1 spiro atoms. The van der Waals surface area contributed by atoms with Crippen molar-refractivity contribution in [2.45, 2.75) is 31.5 Å². The Morgan fingerprint density at radius 2 is 1.60 bits per heavy atom. The van der Waals surface area contributed by atoms with Gasteiger partial charge in [-0.05, 0) is 86.3 Å². The Balaban J connectivity index is 1.50. The molecule has 2 aliphatic heterocycles. The van der Waals surface area contributed by atoms with E-state index in [1.807, 2.05) is 0 Å². The van der Waals surface area contributed by atoms with E-state index in [9.17, 15) is 13.6 Å². The number of ketones is 1. The summed E-state index contributed by atoms with van der Waals surface area (Å²) >= 11 is 6.54. The van der Waals surface area contributed by atoms with Crippen LogP contribution in [0.15, 0.2) is 42.5 Å². The SMILES string of the molecule is O=C(c1cc2c(cc1F)OC1(O2)c2ccc(F)cc2CCc2cc(F)cc(Cl)c21)C1CCNCC1. The number of carbonyl (C=O) groups is 1. The highest BCUT2D eigenvalue weighted by Gasteiger charge is 2.51. The number of benzene rings is 3.